The third-order valence-electron chi connectivity index (χ3n) is 5.68. The van der Waals surface area contributed by atoms with Crippen LogP contribution < -0.4 is 15.6 Å². The van der Waals surface area contributed by atoms with Gasteiger partial charge in [-0.25, -0.2) is 19.3 Å². The number of thiazole rings is 1. The molecule has 5 rings (SSSR count). The van der Waals surface area contributed by atoms with Crippen LogP contribution in [0.15, 0.2) is 63.3 Å². The molecule has 2 aliphatic heterocycles. The van der Waals surface area contributed by atoms with E-state index < -0.39 is 29.2 Å². The fourth-order valence-corrected chi connectivity index (χ4v) is 5.90. The fourth-order valence-electron chi connectivity index (χ4n) is 4.01. The Labute approximate surface area is 217 Å². The lowest BCUT2D eigenvalue weighted by Crippen LogP contribution is -2.71. The predicted octanol–water partition coefficient (Wildman–Crippen LogP) is 0.457. The number of fused-ring (bicyclic) bond motifs is 1. The van der Waals surface area contributed by atoms with E-state index in [-0.39, 0.29) is 28.8 Å². The Hall–Kier alpha value is -4.24. The molecule has 3 aromatic rings. The Morgan fingerprint density at radius 3 is 2.81 bits per heavy atom. The molecular weight excluding hydrogens is 522 g/mol. The van der Waals surface area contributed by atoms with Crippen LogP contribution in [0.5, 0.6) is 0 Å². The lowest BCUT2D eigenvalue weighted by Gasteiger charge is -2.49. The molecule has 0 aliphatic carbocycles. The number of thioether (sulfide) groups is 1. The van der Waals surface area contributed by atoms with Gasteiger partial charge in [0.05, 0.1) is 6.20 Å². The van der Waals surface area contributed by atoms with Crippen molar-refractivity contribution in [3.63, 3.8) is 0 Å². The lowest BCUT2D eigenvalue weighted by molar-refractivity contribution is -0.689. The Kier molecular flexibility index (Phi) is 6.62. The third kappa shape index (κ3) is 4.65. The Morgan fingerprint density at radius 1 is 1.41 bits per heavy atom. The highest BCUT2D eigenvalue weighted by molar-refractivity contribution is 8.00. The van der Waals surface area contributed by atoms with E-state index in [4.69, 9.17) is 15.0 Å². The van der Waals surface area contributed by atoms with Gasteiger partial charge < -0.3 is 25.4 Å². The van der Waals surface area contributed by atoms with Gasteiger partial charge in [0, 0.05) is 34.4 Å². The normalized spacial score (nSPS) is 19.3. The van der Waals surface area contributed by atoms with Gasteiger partial charge in [-0.1, -0.05) is 5.16 Å². The molecule has 5 heterocycles. The second-order valence-electron chi connectivity index (χ2n) is 7.94. The Balaban J connectivity index is 1.32. The number of carbonyl (C=O) groups excluding carboxylic acids is 2. The molecule has 0 spiro atoms. The molecule has 0 bridgehead atoms. The van der Waals surface area contributed by atoms with Crippen molar-refractivity contribution in [2.45, 2.75) is 18.0 Å². The van der Waals surface area contributed by atoms with E-state index in [1.54, 1.807) is 24.0 Å². The molecule has 4 N–H and O–H groups in total. The summed E-state index contributed by atoms with van der Waals surface area (Å²) < 4.78 is 7.10. The van der Waals surface area contributed by atoms with Crippen molar-refractivity contribution in [1.29, 1.82) is 0 Å². The van der Waals surface area contributed by atoms with Crippen LogP contribution in [0.2, 0.25) is 0 Å². The zero-order chi connectivity index (χ0) is 26.1. The summed E-state index contributed by atoms with van der Waals surface area (Å²) >= 11 is 2.50. The maximum atomic E-state index is 13.0. The molecule has 0 aromatic carbocycles. The molecule has 3 aromatic heterocycles. The Bertz CT molecular complexity index is 1420. The summed E-state index contributed by atoms with van der Waals surface area (Å²) in [7, 11) is 1.28. The Morgan fingerprint density at radius 2 is 2.19 bits per heavy atom. The minimum Gasteiger partial charge on any atom is -0.477 e. The second kappa shape index (κ2) is 10.0. The number of aromatic nitrogens is 3. The zero-order valence-electron chi connectivity index (χ0n) is 19.2. The first-order valence-corrected chi connectivity index (χ1v) is 12.7. The third-order valence-corrected chi connectivity index (χ3v) is 7.69. The standard InChI is InChI=1S/C22H19N7O6S2/c1-34-27-15(13-9-37-22(23)25-13)18(30)26-16-19(31)29-17(21(32)33)12(8-36-20(16)29)7-28-4-2-11(3-5-28)14-6-24-10-35-14/h2-6,9-10,16,20H,7-8H2,1H3,(H3-,23,25,26,30,32,33)/p+1/b27-15+/t16-,20-/m1/s1. The molecule has 1 fully saturated rings. The number of nitrogens with two attached hydrogens (primary N) is 1. The molecule has 2 amide bonds. The van der Waals surface area contributed by atoms with Crippen LogP contribution in [0.3, 0.4) is 0 Å². The van der Waals surface area contributed by atoms with Crippen LogP contribution in [0.1, 0.15) is 5.69 Å². The van der Waals surface area contributed by atoms with Gasteiger partial charge in [-0.05, 0) is 0 Å². The van der Waals surface area contributed by atoms with E-state index in [0.29, 0.717) is 17.1 Å². The number of carboxylic acid groups (broad SMARTS) is 1. The van der Waals surface area contributed by atoms with Gasteiger partial charge in [0.2, 0.25) is 0 Å². The molecule has 1 saturated heterocycles. The number of oxime groups is 1. The largest absolute Gasteiger partial charge is 0.477 e. The maximum Gasteiger partial charge on any atom is 0.352 e. The smallest absolute Gasteiger partial charge is 0.352 e. The average Bonchev–Trinajstić information content (AvgIpc) is 3.58. The number of carbonyl (C=O) groups is 3. The van der Waals surface area contributed by atoms with Crippen molar-refractivity contribution < 1.29 is 33.3 Å². The molecule has 2 aliphatic rings. The summed E-state index contributed by atoms with van der Waals surface area (Å²) in [6.07, 6.45) is 6.54. The van der Waals surface area contributed by atoms with Crippen molar-refractivity contribution in [3.05, 3.63) is 59.5 Å². The number of anilines is 1. The number of aliphatic carboxylic acids is 1. The molecule has 190 valence electrons. The monoisotopic (exact) mass is 542 g/mol. The van der Waals surface area contributed by atoms with E-state index >= 15 is 0 Å². The highest BCUT2D eigenvalue weighted by Gasteiger charge is 2.54. The number of nitrogen functional groups attached to an aromatic ring is 1. The number of hydrogen-bond donors (Lipinski definition) is 3. The number of oxazole rings is 1. The summed E-state index contributed by atoms with van der Waals surface area (Å²) in [5.74, 6) is -1.44. The van der Waals surface area contributed by atoms with E-state index in [2.05, 4.69) is 20.4 Å². The van der Waals surface area contributed by atoms with E-state index in [0.717, 1.165) is 16.9 Å². The zero-order valence-corrected chi connectivity index (χ0v) is 20.9. The molecule has 0 radical (unpaired) electrons. The van der Waals surface area contributed by atoms with Gasteiger partial charge in [0.15, 0.2) is 41.9 Å². The molecule has 0 saturated carbocycles. The van der Waals surface area contributed by atoms with E-state index in [1.165, 1.54) is 30.2 Å². The fraction of sp³-hybridized carbons (Fsp3) is 0.227. The van der Waals surface area contributed by atoms with Crippen molar-refractivity contribution >= 4 is 51.7 Å². The average molecular weight is 543 g/mol. The van der Waals surface area contributed by atoms with Crippen molar-refractivity contribution in [2.24, 2.45) is 5.16 Å². The summed E-state index contributed by atoms with van der Waals surface area (Å²) in [5, 5.41) is 17.5. The molecule has 15 heteroatoms. The van der Waals surface area contributed by atoms with Crippen LogP contribution in [-0.4, -0.2) is 67.7 Å². The van der Waals surface area contributed by atoms with Crippen LogP contribution in [0.4, 0.5) is 5.13 Å². The number of nitrogens with one attached hydrogen (secondary N) is 1. The van der Waals surface area contributed by atoms with Crippen LogP contribution >= 0.6 is 23.1 Å². The minimum atomic E-state index is -1.21. The van der Waals surface area contributed by atoms with Gasteiger partial charge in [0.1, 0.15) is 29.9 Å². The summed E-state index contributed by atoms with van der Waals surface area (Å²) in [6, 6.07) is 2.73. The number of amides is 2. The summed E-state index contributed by atoms with van der Waals surface area (Å²) in [4.78, 5) is 52.0. The topological polar surface area (TPSA) is 177 Å². The maximum absolute atomic E-state index is 13.0. The SMILES string of the molecule is CO/N=C(/C(=O)N[C@@H]1C(=O)N2C(C(=O)O)=C(C[n+]3ccc(-c4cnco4)cc3)CS[C@H]12)c1csc(N)n1. The van der Waals surface area contributed by atoms with E-state index in [9.17, 15) is 19.5 Å². The van der Waals surface area contributed by atoms with Gasteiger partial charge in [0.25, 0.3) is 11.8 Å². The quantitative estimate of drug-likeness (QED) is 0.157. The first-order valence-electron chi connectivity index (χ1n) is 10.8. The van der Waals surface area contributed by atoms with Crippen LogP contribution in [0, 0.1) is 0 Å². The molecular formula is C22H20N7O6S2+. The molecule has 0 unspecified atom stereocenters. The van der Waals surface area contributed by atoms with E-state index in [1.807, 2.05) is 16.7 Å². The summed E-state index contributed by atoms with van der Waals surface area (Å²) in [5.41, 5.74) is 7.04. The molecule has 13 nitrogen and oxygen atoms in total. The number of pyridine rings is 1. The number of nitrogens with zero attached hydrogens (tertiary/aromatic N) is 5. The highest BCUT2D eigenvalue weighted by Crippen LogP contribution is 2.40. The van der Waals surface area contributed by atoms with Crippen LogP contribution in [0.25, 0.3) is 11.3 Å². The number of rotatable bonds is 8. The van der Waals surface area contributed by atoms with Crippen LogP contribution in [-0.2, 0) is 25.8 Å². The number of carboxylic acids is 1. The van der Waals surface area contributed by atoms with Gasteiger partial charge >= 0.3 is 5.97 Å². The van der Waals surface area contributed by atoms with Gasteiger partial charge in [-0.3, -0.25) is 14.5 Å². The van der Waals surface area contributed by atoms with Crippen molar-refractivity contribution in [2.75, 3.05) is 18.6 Å². The number of hydrogen-bond acceptors (Lipinski definition) is 11. The second-order valence-corrected chi connectivity index (χ2v) is 9.93. The first-order chi connectivity index (χ1) is 17.9. The number of β-lactam (4-membered cyclic amide) rings is 1. The lowest BCUT2D eigenvalue weighted by atomic mass is 10.0. The predicted molar refractivity (Wildman–Crippen MR) is 132 cm³/mol. The summed E-state index contributed by atoms with van der Waals surface area (Å²) in [6.45, 7) is 0.273. The minimum absolute atomic E-state index is 0.0795. The van der Waals surface area contributed by atoms with Gasteiger partial charge in [-0.2, -0.15) is 0 Å². The highest BCUT2D eigenvalue weighted by atomic mass is 32.2. The van der Waals surface area contributed by atoms with Crippen molar-refractivity contribution in [3.8, 4) is 11.3 Å². The van der Waals surface area contributed by atoms with Crippen molar-refractivity contribution in [1.82, 2.24) is 20.2 Å². The molecule has 37 heavy (non-hydrogen) atoms. The van der Waals surface area contributed by atoms with Gasteiger partial charge in [-0.15, -0.1) is 23.1 Å². The molecule has 2 atom stereocenters. The first kappa shape index (κ1) is 24.5.